The monoisotopic (exact) mass is 552 g/mol. The summed E-state index contributed by atoms with van der Waals surface area (Å²) in [6.45, 7) is 4.06. The number of nitrogens with one attached hydrogen (secondary N) is 1. The number of thiocarbonyl (C=S) groups is 1. The maximum atomic E-state index is 13.7. The molecule has 2 aliphatic rings. The molecule has 8 nitrogen and oxygen atoms in total. The standard InChI is InChI=1S/C30H40N4O4S/c1-4-5-6-7-18-37-25-16-10-22(11-17-25)31-28(35)20-27-29(36)34(24-14-12-23(13-15-24)32(2)3)30(39)33(27)21-26-9-8-19-38-26/h10-17,26-27H,4-9,18-21H2,1-3H3,(H,31,35)/t26-,27+/m1/s1. The van der Waals surface area contributed by atoms with Gasteiger partial charge in [0.2, 0.25) is 5.91 Å². The number of nitrogens with zero attached hydrogens (tertiary/aromatic N) is 3. The Bertz CT molecular complexity index is 1120. The Kier molecular flexibility index (Phi) is 10.2. The molecule has 2 aliphatic heterocycles. The predicted molar refractivity (Wildman–Crippen MR) is 160 cm³/mol. The molecule has 0 spiro atoms. The van der Waals surface area contributed by atoms with Crippen molar-refractivity contribution >= 4 is 46.2 Å². The zero-order chi connectivity index (χ0) is 27.8. The van der Waals surface area contributed by atoms with Gasteiger partial charge in [-0.25, -0.2) is 0 Å². The third-order valence-corrected chi connectivity index (χ3v) is 7.57. The Hall–Kier alpha value is -3.17. The lowest BCUT2D eigenvalue weighted by Crippen LogP contribution is -2.42. The van der Waals surface area contributed by atoms with E-state index in [-0.39, 0.29) is 24.3 Å². The molecule has 2 aromatic rings. The summed E-state index contributed by atoms with van der Waals surface area (Å²) in [5.41, 5.74) is 2.38. The summed E-state index contributed by atoms with van der Waals surface area (Å²) in [7, 11) is 3.93. The fourth-order valence-electron chi connectivity index (χ4n) is 4.93. The van der Waals surface area contributed by atoms with Crippen molar-refractivity contribution in [1.82, 2.24) is 4.90 Å². The van der Waals surface area contributed by atoms with Crippen molar-refractivity contribution in [1.29, 1.82) is 0 Å². The minimum atomic E-state index is -0.694. The summed E-state index contributed by atoms with van der Waals surface area (Å²) in [6.07, 6.45) is 6.49. The first-order valence-corrected chi connectivity index (χ1v) is 14.3. The summed E-state index contributed by atoms with van der Waals surface area (Å²) in [6, 6.07) is 14.3. The van der Waals surface area contributed by atoms with Crippen LogP contribution < -0.4 is 19.9 Å². The number of benzene rings is 2. The van der Waals surface area contributed by atoms with Crippen molar-refractivity contribution in [2.45, 2.75) is 64.0 Å². The molecule has 4 rings (SSSR count). The van der Waals surface area contributed by atoms with E-state index in [0.717, 1.165) is 37.1 Å². The van der Waals surface area contributed by atoms with Gasteiger partial charge in [-0.3, -0.25) is 14.5 Å². The number of rotatable bonds is 13. The van der Waals surface area contributed by atoms with Gasteiger partial charge in [-0.2, -0.15) is 0 Å². The maximum Gasteiger partial charge on any atom is 0.256 e. The SMILES string of the molecule is CCCCCCOc1ccc(NC(=O)C[C@H]2C(=O)N(c3ccc(N(C)C)cc3)C(=S)N2C[C@H]2CCCO2)cc1. The normalized spacial score (nSPS) is 19.1. The molecule has 210 valence electrons. The van der Waals surface area contributed by atoms with E-state index in [0.29, 0.717) is 36.2 Å². The predicted octanol–water partition coefficient (Wildman–Crippen LogP) is 5.22. The third kappa shape index (κ3) is 7.48. The molecule has 2 heterocycles. The number of ether oxygens (including phenoxy) is 2. The average Bonchev–Trinajstić information content (AvgIpc) is 3.52. The van der Waals surface area contributed by atoms with Crippen molar-refractivity contribution in [2.75, 3.05) is 49.0 Å². The minimum absolute atomic E-state index is 0.00629. The van der Waals surface area contributed by atoms with Crippen LogP contribution in [0.1, 0.15) is 51.9 Å². The molecule has 0 saturated carbocycles. The van der Waals surface area contributed by atoms with E-state index >= 15 is 0 Å². The number of amides is 2. The van der Waals surface area contributed by atoms with Gasteiger partial charge in [0.05, 0.1) is 24.8 Å². The van der Waals surface area contributed by atoms with Crippen molar-refractivity contribution in [2.24, 2.45) is 0 Å². The highest BCUT2D eigenvalue weighted by molar-refractivity contribution is 7.80. The highest BCUT2D eigenvalue weighted by Gasteiger charge is 2.45. The first-order chi connectivity index (χ1) is 18.9. The van der Waals surface area contributed by atoms with Crippen molar-refractivity contribution in [3.63, 3.8) is 0 Å². The second-order valence-corrected chi connectivity index (χ2v) is 10.7. The van der Waals surface area contributed by atoms with E-state index in [2.05, 4.69) is 12.2 Å². The van der Waals surface area contributed by atoms with Gasteiger partial charge < -0.3 is 24.6 Å². The number of hydrogen-bond acceptors (Lipinski definition) is 6. The zero-order valence-corrected chi connectivity index (χ0v) is 24.0. The largest absolute Gasteiger partial charge is 0.494 e. The van der Waals surface area contributed by atoms with E-state index in [9.17, 15) is 9.59 Å². The van der Waals surface area contributed by atoms with Gasteiger partial charge in [0.15, 0.2) is 5.11 Å². The molecule has 0 radical (unpaired) electrons. The summed E-state index contributed by atoms with van der Waals surface area (Å²) in [5, 5.41) is 3.34. The molecule has 39 heavy (non-hydrogen) atoms. The van der Waals surface area contributed by atoms with Crippen molar-refractivity contribution < 1.29 is 19.1 Å². The fraction of sp³-hybridized carbons (Fsp3) is 0.500. The Morgan fingerprint density at radius 3 is 2.49 bits per heavy atom. The lowest BCUT2D eigenvalue weighted by molar-refractivity contribution is -0.124. The smallest absolute Gasteiger partial charge is 0.256 e. The quantitative estimate of drug-likeness (QED) is 0.270. The van der Waals surface area contributed by atoms with Crippen LogP contribution in [-0.2, 0) is 14.3 Å². The van der Waals surface area contributed by atoms with Gasteiger partial charge in [-0.15, -0.1) is 0 Å². The van der Waals surface area contributed by atoms with Crippen LogP contribution in [0.2, 0.25) is 0 Å². The summed E-state index contributed by atoms with van der Waals surface area (Å²) in [5.74, 6) is 0.337. The molecule has 2 amide bonds. The van der Waals surface area contributed by atoms with Crippen LogP contribution in [0.3, 0.4) is 0 Å². The molecule has 2 fully saturated rings. The molecular formula is C30H40N4O4S. The molecule has 2 aromatic carbocycles. The van der Waals surface area contributed by atoms with Gasteiger partial charge in [-0.1, -0.05) is 26.2 Å². The van der Waals surface area contributed by atoms with Gasteiger partial charge >= 0.3 is 0 Å². The van der Waals surface area contributed by atoms with E-state index in [4.69, 9.17) is 21.7 Å². The van der Waals surface area contributed by atoms with Gasteiger partial charge in [0.1, 0.15) is 11.8 Å². The maximum absolute atomic E-state index is 13.7. The second-order valence-electron chi connectivity index (χ2n) is 10.4. The lowest BCUT2D eigenvalue weighted by atomic mass is 10.1. The Labute approximate surface area is 237 Å². The van der Waals surface area contributed by atoms with Crippen molar-refractivity contribution in [3.05, 3.63) is 48.5 Å². The van der Waals surface area contributed by atoms with Crippen LogP contribution in [0.15, 0.2) is 48.5 Å². The Morgan fingerprint density at radius 1 is 1.10 bits per heavy atom. The fourth-order valence-corrected chi connectivity index (χ4v) is 5.32. The number of carbonyl (C=O) groups excluding carboxylic acids is 2. The molecule has 2 saturated heterocycles. The molecule has 0 aromatic heterocycles. The van der Waals surface area contributed by atoms with Crippen LogP contribution in [0.4, 0.5) is 17.1 Å². The number of unbranched alkanes of at least 4 members (excludes halogenated alkanes) is 3. The Morgan fingerprint density at radius 2 is 1.85 bits per heavy atom. The number of carbonyl (C=O) groups is 2. The first-order valence-electron chi connectivity index (χ1n) is 13.9. The molecule has 1 N–H and O–H groups in total. The summed E-state index contributed by atoms with van der Waals surface area (Å²) >= 11 is 5.79. The highest BCUT2D eigenvalue weighted by Crippen LogP contribution is 2.30. The average molecular weight is 553 g/mol. The summed E-state index contributed by atoms with van der Waals surface area (Å²) in [4.78, 5) is 32.2. The van der Waals surface area contributed by atoms with Gasteiger partial charge in [-0.05, 0) is 80.0 Å². The molecular weight excluding hydrogens is 512 g/mol. The van der Waals surface area contributed by atoms with E-state index < -0.39 is 6.04 Å². The van der Waals surface area contributed by atoms with E-state index in [1.165, 1.54) is 12.8 Å². The van der Waals surface area contributed by atoms with E-state index in [1.807, 2.05) is 72.4 Å². The molecule has 0 unspecified atom stereocenters. The van der Waals surface area contributed by atoms with Gasteiger partial charge in [0, 0.05) is 38.6 Å². The second kappa shape index (κ2) is 13.8. The number of anilines is 3. The van der Waals surface area contributed by atoms with E-state index in [1.54, 1.807) is 4.90 Å². The molecule has 0 aliphatic carbocycles. The van der Waals surface area contributed by atoms with Crippen LogP contribution in [0.25, 0.3) is 0 Å². The Balaban J connectivity index is 1.41. The van der Waals surface area contributed by atoms with Crippen molar-refractivity contribution in [3.8, 4) is 5.75 Å². The topological polar surface area (TPSA) is 74.4 Å². The van der Waals surface area contributed by atoms with Crippen LogP contribution in [0, 0.1) is 0 Å². The molecule has 0 bridgehead atoms. The van der Waals surface area contributed by atoms with Crippen LogP contribution >= 0.6 is 12.2 Å². The molecule has 9 heteroatoms. The zero-order valence-electron chi connectivity index (χ0n) is 23.2. The summed E-state index contributed by atoms with van der Waals surface area (Å²) < 4.78 is 11.6. The third-order valence-electron chi connectivity index (χ3n) is 7.15. The minimum Gasteiger partial charge on any atom is -0.494 e. The first kappa shape index (κ1) is 28.8. The number of hydrogen-bond donors (Lipinski definition) is 1. The van der Waals surface area contributed by atoms with Gasteiger partial charge in [0.25, 0.3) is 5.91 Å². The lowest BCUT2D eigenvalue weighted by Gasteiger charge is -2.26. The molecule has 2 atom stereocenters. The van der Waals surface area contributed by atoms with Crippen LogP contribution in [0.5, 0.6) is 5.75 Å². The highest BCUT2D eigenvalue weighted by atomic mass is 32.1. The van der Waals surface area contributed by atoms with Crippen LogP contribution in [-0.4, -0.2) is 67.8 Å².